The van der Waals surface area contributed by atoms with Crippen molar-refractivity contribution in [3.8, 4) is 0 Å². The summed E-state index contributed by atoms with van der Waals surface area (Å²) in [7, 11) is 1.90. The van der Waals surface area contributed by atoms with Gasteiger partial charge in [-0.15, -0.1) is 0 Å². The number of nitrogens with zero attached hydrogens (tertiary/aromatic N) is 2. The number of carbonyl (C=O) groups is 1. The van der Waals surface area contributed by atoms with Crippen LogP contribution in [0.2, 0.25) is 0 Å². The molecule has 0 bridgehead atoms. The molecule has 1 aromatic carbocycles. The zero-order chi connectivity index (χ0) is 14.3. The van der Waals surface area contributed by atoms with E-state index in [0.717, 1.165) is 21.4 Å². The number of nitrogens with one attached hydrogen (secondary N) is 1. The molecule has 104 valence electrons. The van der Waals surface area contributed by atoms with E-state index in [0.29, 0.717) is 6.42 Å². The lowest BCUT2D eigenvalue weighted by molar-refractivity contribution is -0.139. The molecule has 3 rings (SSSR count). The minimum absolute atomic E-state index is 0.196. The number of aryl methyl sites for hydroxylation is 1. The van der Waals surface area contributed by atoms with Crippen molar-refractivity contribution in [2.24, 2.45) is 7.05 Å². The van der Waals surface area contributed by atoms with Gasteiger partial charge in [-0.3, -0.25) is 10.1 Å². The van der Waals surface area contributed by atoms with E-state index in [1.807, 2.05) is 35.9 Å². The number of benzene rings is 1. The van der Waals surface area contributed by atoms with E-state index in [1.54, 1.807) is 6.33 Å². The van der Waals surface area contributed by atoms with Crippen LogP contribution in [0.25, 0.3) is 0 Å². The number of aromatic nitrogens is 2. The normalized spacial score (nSPS) is 21.5. The molecular formula is C14H14BrN3O2. The standard InChI is InChI=1S/C14H14BrN3O2/c1-18-7-16-13-11(18)6-10(14(19)20)17-12(13)8-3-2-4-9(15)5-8/h2-5,7,10,12,17H,6H2,1H3,(H,19,20). The SMILES string of the molecule is Cn1cnc2c1CC(C(=O)O)NC2c1cccc(Br)c1. The van der Waals surface area contributed by atoms with Gasteiger partial charge in [-0.05, 0) is 17.7 Å². The first-order valence-electron chi connectivity index (χ1n) is 6.30. The maximum Gasteiger partial charge on any atom is 0.321 e. The van der Waals surface area contributed by atoms with E-state index in [2.05, 4.69) is 26.2 Å². The van der Waals surface area contributed by atoms with Gasteiger partial charge in [0.05, 0.1) is 18.1 Å². The van der Waals surface area contributed by atoms with Crippen LogP contribution in [-0.4, -0.2) is 26.7 Å². The number of carboxylic acid groups (broad SMARTS) is 1. The third-order valence-corrected chi connectivity index (χ3v) is 4.10. The van der Waals surface area contributed by atoms with Crippen LogP contribution in [0.15, 0.2) is 35.1 Å². The van der Waals surface area contributed by atoms with Crippen molar-refractivity contribution < 1.29 is 9.90 Å². The zero-order valence-electron chi connectivity index (χ0n) is 10.9. The number of fused-ring (bicyclic) bond motifs is 1. The lowest BCUT2D eigenvalue weighted by atomic mass is 9.94. The molecule has 1 aliphatic heterocycles. The molecule has 0 radical (unpaired) electrons. The van der Waals surface area contributed by atoms with Crippen molar-refractivity contribution >= 4 is 21.9 Å². The highest BCUT2D eigenvalue weighted by Gasteiger charge is 2.33. The molecule has 2 aromatic rings. The zero-order valence-corrected chi connectivity index (χ0v) is 12.5. The van der Waals surface area contributed by atoms with E-state index < -0.39 is 12.0 Å². The van der Waals surface area contributed by atoms with E-state index in [1.165, 1.54) is 0 Å². The van der Waals surface area contributed by atoms with Crippen LogP contribution in [0.4, 0.5) is 0 Å². The van der Waals surface area contributed by atoms with Gasteiger partial charge in [0.1, 0.15) is 6.04 Å². The van der Waals surface area contributed by atoms with Crippen LogP contribution in [-0.2, 0) is 18.3 Å². The third-order valence-electron chi connectivity index (χ3n) is 3.61. The Morgan fingerprint density at radius 3 is 3.05 bits per heavy atom. The van der Waals surface area contributed by atoms with Crippen LogP contribution >= 0.6 is 15.9 Å². The minimum atomic E-state index is -0.836. The average Bonchev–Trinajstić information content (AvgIpc) is 2.79. The molecule has 0 amide bonds. The number of carboxylic acids is 1. The molecule has 20 heavy (non-hydrogen) atoms. The first-order valence-corrected chi connectivity index (χ1v) is 7.10. The molecule has 0 saturated heterocycles. The van der Waals surface area contributed by atoms with Crippen molar-refractivity contribution in [1.82, 2.24) is 14.9 Å². The van der Waals surface area contributed by atoms with Crippen LogP contribution in [0.5, 0.6) is 0 Å². The van der Waals surface area contributed by atoms with Gasteiger partial charge in [0, 0.05) is 23.6 Å². The average molecular weight is 336 g/mol. The summed E-state index contributed by atoms with van der Waals surface area (Å²) in [6.07, 6.45) is 2.19. The Kier molecular flexibility index (Phi) is 3.35. The Balaban J connectivity index is 2.07. The van der Waals surface area contributed by atoms with Crippen molar-refractivity contribution in [2.45, 2.75) is 18.5 Å². The van der Waals surface area contributed by atoms with Gasteiger partial charge in [-0.25, -0.2) is 4.98 Å². The minimum Gasteiger partial charge on any atom is -0.480 e. The first-order chi connectivity index (χ1) is 9.56. The smallest absolute Gasteiger partial charge is 0.321 e. The van der Waals surface area contributed by atoms with Gasteiger partial charge in [-0.2, -0.15) is 0 Å². The predicted octanol–water partition coefficient (Wildman–Crippen LogP) is 1.87. The summed E-state index contributed by atoms with van der Waals surface area (Å²) < 4.78 is 2.86. The molecular weight excluding hydrogens is 322 g/mol. The molecule has 2 atom stereocenters. The van der Waals surface area contributed by atoms with Crippen molar-refractivity contribution in [1.29, 1.82) is 0 Å². The Hall–Kier alpha value is -1.66. The summed E-state index contributed by atoms with van der Waals surface area (Å²) in [5.74, 6) is -0.836. The predicted molar refractivity (Wildman–Crippen MR) is 77.5 cm³/mol. The van der Waals surface area contributed by atoms with E-state index in [4.69, 9.17) is 0 Å². The lowest BCUT2D eigenvalue weighted by Crippen LogP contribution is -2.45. The maximum atomic E-state index is 11.3. The lowest BCUT2D eigenvalue weighted by Gasteiger charge is -2.29. The fraction of sp³-hybridized carbons (Fsp3) is 0.286. The monoisotopic (exact) mass is 335 g/mol. The number of hydrogen-bond acceptors (Lipinski definition) is 3. The highest BCUT2D eigenvalue weighted by Crippen LogP contribution is 2.30. The fourth-order valence-electron chi connectivity index (χ4n) is 2.59. The third kappa shape index (κ3) is 2.25. The van der Waals surface area contributed by atoms with Gasteiger partial charge in [0.25, 0.3) is 0 Å². The number of aliphatic carboxylic acids is 1. The molecule has 0 spiro atoms. The van der Waals surface area contributed by atoms with E-state index in [9.17, 15) is 9.90 Å². The number of imidazole rings is 1. The molecule has 1 aliphatic rings. The van der Waals surface area contributed by atoms with Crippen molar-refractivity contribution in [3.63, 3.8) is 0 Å². The molecule has 2 heterocycles. The van der Waals surface area contributed by atoms with Crippen LogP contribution in [0.3, 0.4) is 0 Å². The Morgan fingerprint density at radius 1 is 1.55 bits per heavy atom. The second-order valence-corrected chi connectivity index (χ2v) is 5.85. The van der Waals surface area contributed by atoms with Crippen LogP contribution < -0.4 is 5.32 Å². The fourth-order valence-corrected chi connectivity index (χ4v) is 3.01. The number of halogens is 1. The molecule has 6 heteroatoms. The molecule has 5 nitrogen and oxygen atoms in total. The highest BCUT2D eigenvalue weighted by atomic mass is 79.9. The molecule has 0 saturated carbocycles. The van der Waals surface area contributed by atoms with Gasteiger partial charge in [-0.1, -0.05) is 28.1 Å². The first kappa shape index (κ1) is 13.3. The van der Waals surface area contributed by atoms with Gasteiger partial charge >= 0.3 is 5.97 Å². The Labute approximate surface area is 124 Å². The highest BCUT2D eigenvalue weighted by molar-refractivity contribution is 9.10. The van der Waals surface area contributed by atoms with Gasteiger partial charge < -0.3 is 9.67 Å². The summed E-state index contributed by atoms with van der Waals surface area (Å²) in [5.41, 5.74) is 2.88. The van der Waals surface area contributed by atoms with Crippen LogP contribution in [0.1, 0.15) is 23.0 Å². The number of hydrogen-bond donors (Lipinski definition) is 2. The van der Waals surface area contributed by atoms with Crippen molar-refractivity contribution in [3.05, 3.63) is 52.0 Å². The van der Waals surface area contributed by atoms with E-state index >= 15 is 0 Å². The quantitative estimate of drug-likeness (QED) is 0.879. The molecule has 2 N–H and O–H groups in total. The number of rotatable bonds is 2. The second-order valence-electron chi connectivity index (χ2n) is 4.94. The summed E-state index contributed by atoms with van der Waals surface area (Å²) in [6, 6.07) is 7.06. The summed E-state index contributed by atoms with van der Waals surface area (Å²) in [5, 5.41) is 12.5. The molecule has 2 unspecified atom stereocenters. The molecule has 0 fully saturated rings. The topological polar surface area (TPSA) is 67.2 Å². The Bertz CT molecular complexity index is 668. The van der Waals surface area contributed by atoms with E-state index in [-0.39, 0.29) is 6.04 Å². The van der Waals surface area contributed by atoms with Crippen LogP contribution in [0, 0.1) is 0 Å². The second kappa shape index (κ2) is 5.03. The summed E-state index contributed by atoms with van der Waals surface area (Å²) in [6.45, 7) is 0. The van der Waals surface area contributed by atoms with Gasteiger partial charge in [0.15, 0.2) is 0 Å². The Morgan fingerprint density at radius 2 is 2.35 bits per heavy atom. The maximum absolute atomic E-state index is 11.3. The summed E-state index contributed by atoms with van der Waals surface area (Å²) in [4.78, 5) is 15.8. The molecule has 1 aromatic heterocycles. The van der Waals surface area contributed by atoms with Crippen molar-refractivity contribution in [2.75, 3.05) is 0 Å². The summed E-state index contributed by atoms with van der Waals surface area (Å²) >= 11 is 3.45. The van der Waals surface area contributed by atoms with Gasteiger partial charge in [0.2, 0.25) is 0 Å². The largest absolute Gasteiger partial charge is 0.480 e. The molecule has 0 aliphatic carbocycles.